The van der Waals surface area contributed by atoms with Gasteiger partial charge in [-0.2, -0.15) is 14.0 Å². The van der Waals surface area contributed by atoms with Gasteiger partial charge in [0.15, 0.2) is 0 Å². The van der Waals surface area contributed by atoms with E-state index in [4.69, 9.17) is 5.26 Å². The highest BCUT2D eigenvalue weighted by Crippen LogP contribution is 2.19. The largest absolute Gasteiger partial charge is 0.435 e. The van der Waals surface area contributed by atoms with Crippen LogP contribution < -0.4 is 10.1 Å². The van der Waals surface area contributed by atoms with Gasteiger partial charge in [-0.15, -0.1) is 0 Å². The SMILES string of the molecule is N#Cc1cc(F)ccc1NCc1ccc(OC(F)F)cc1. The summed E-state index contributed by atoms with van der Waals surface area (Å²) in [4.78, 5) is 0. The molecule has 0 aliphatic heterocycles. The molecule has 2 rings (SSSR count). The van der Waals surface area contributed by atoms with Crippen molar-refractivity contribution in [2.75, 3.05) is 5.32 Å². The Labute approximate surface area is 119 Å². The highest BCUT2D eigenvalue weighted by molar-refractivity contribution is 5.57. The first-order valence-electron chi connectivity index (χ1n) is 6.06. The number of halogens is 3. The highest BCUT2D eigenvalue weighted by Gasteiger charge is 2.05. The molecule has 1 N–H and O–H groups in total. The maximum Gasteiger partial charge on any atom is 0.387 e. The smallest absolute Gasteiger partial charge is 0.387 e. The van der Waals surface area contributed by atoms with Gasteiger partial charge in [0.2, 0.25) is 0 Å². The lowest BCUT2D eigenvalue weighted by molar-refractivity contribution is -0.0498. The molecule has 2 aromatic carbocycles. The number of hydrogen-bond donors (Lipinski definition) is 1. The normalized spacial score (nSPS) is 10.2. The average Bonchev–Trinajstić information content (AvgIpc) is 2.46. The Balaban J connectivity index is 2.02. The standard InChI is InChI=1S/C15H11F3N2O/c16-12-3-6-14(11(7-12)8-19)20-9-10-1-4-13(5-2-10)21-15(17)18/h1-7,15,20H,9H2. The van der Waals surface area contributed by atoms with Crippen LogP contribution in [0.4, 0.5) is 18.9 Å². The molecule has 6 heteroatoms. The quantitative estimate of drug-likeness (QED) is 0.908. The van der Waals surface area contributed by atoms with Crippen molar-refractivity contribution in [1.29, 1.82) is 5.26 Å². The van der Waals surface area contributed by atoms with Gasteiger partial charge in [-0.05, 0) is 35.9 Å². The van der Waals surface area contributed by atoms with Gasteiger partial charge in [-0.25, -0.2) is 4.39 Å². The molecule has 0 spiro atoms. The van der Waals surface area contributed by atoms with E-state index >= 15 is 0 Å². The van der Waals surface area contributed by atoms with E-state index in [2.05, 4.69) is 10.1 Å². The molecule has 0 fully saturated rings. The van der Waals surface area contributed by atoms with Crippen LogP contribution in [-0.2, 0) is 6.54 Å². The van der Waals surface area contributed by atoms with Gasteiger partial charge in [0.05, 0.1) is 11.3 Å². The molecule has 0 heterocycles. The topological polar surface area (TPSA) is 45.0 Å². The molecule has 0 saturated heterocycles. The molecule has 0 unspecified atom stereocenters. The van der Waals surface area contributed by atoms with Crippen LogP contribution in [0.25, 0.3) is 0 Å². The molecule has 0 amide bonds. The van der Waals surface area contributed by atoms with Crippen LogP contribution in [0.2, 0.25) is 0 Å². The fourth-order valence-corrected chi connectivity index (χ4v) is 1.75. The zero-order valence-electron chi connectivity index (χ0n) is 10.8. The minimum absolute atomic E-state index is 0.0771. The Morgan fingerprint density at radius 1 is 1.14 bits per heavy atom. The maximum absolute atomic E-state index is 13.0. The zero-order chi connectivity index (χ0) is 15.2. The van der Waals surface area contributed by atoms with Crippen molar-refractivity contribution >= 4 is 5.69 Å². The van der Waals surface area contributed by atoms with Crippen LogP contribution in [0.15, 0.2) is 42.5 Å². The Bertz CT molecular complexity index is 651. The maximum atomic E-state index is 13.0. The molecule has 0 radical (unpaired) electrons. The molecule has 0 aromatic heterocycles. The minimum atomic E-state index is -2.86. The monoisotopic (exact) mass is 292 g/mol. The lowest BCUT2D eigenvalue weighted by Crippen LogP contribution is -2.03. The summed E-state index contributed by atoms with van der Waals surface area (Å²) in [5.41, 5.74) is 1.52. The molecule has 108 valence electrons. The highest BCUT2D eigenvalue weighted by atomic mass is 19.3. The lowest BCUT2D eigenvalue weighted by Gasteiger charge is -2.09. The second-order valence-electron chi connectivity index (χ2n) is 4.18. The van der Waals surface area contributed by atoms with Crippen LogP contribution in [0.1, 0.15) is 11.1 Å². The Hall–Kier alpha value is -2.68. The lowest BCUT2D eigenvalue weighted by atomic mass is 10.1. The average molecular weight is 292 g/mol. The summed E-state index contributed by atoms with van der Waals surface area (Å²) in [6, 6.07) is 11.9. The van der Waals surface area contributed by atoms with E-state index in [1.54, 1.807) is 12.1 Å². The van der Waals surface area contributed by atoms with E-state index in [0.29, 0.717) is 12.2 Å². The summed E-state index contributed by atoms with van der Waals surface area (Å²) >= 11 is 0. The van der Waals surface area contributed by atoms with Gasteiger partial charge in [-0.1, -0.05) is 12.1 Å². The van der Waals surface area contributed by atoms with E-state index in [-0.39, 0.29) is 11.3 Å². The molecule has 3 nitrogen and oxygen atoms in total. The third kappa shape index (κ3) is 4.14. The first kappa shape index (κ1) is 14.7. The molecule has 0 atom stereocenters. The van der Waals surface area contributed by atoms with E-state index in [1.165, 1.54) is 24.3 Å². The third-order valence-electron chi connectivity index (χ3n) is 2.73. The minimum Gasteiger partial charge on any atom is -0.435 e. The van der Waals surface area contributed by atoms with E-state index < -0.39 is 12.4 Å². The van der Waals surface area contributed by atoms with Gasteiger partial charge >= 0.3 is 6.61 Å². The van der Waals surface area contributed by atoms with Gasteiger partial charge in [-0.3, -0.25) is 0 Å². The van der Waals surface area contributed by atoms with Crippen molar-refractivity contribution in [2.45, 2.75) is 13.2 Å². The predicted molar refractivity (Wildman–Crippen MR) is 71.5 cm³/mol. The van der Waals surface area contributed by atoms with Crippen LogP contribution in [0.5, 0.6) is 5.75 Å². The summed E-state index contributed by atoms with van der Waals surface area (Å²) in [5, 5.41) is 11.9. The van der Waals surface area contributed by atoms with Crippen molar-refractivity contribution in [1.82, 2.24) is 0 Å². The van der Waals surface area contributed by atoms with Crippen molar-refractivity contribution in [2.24, 2.45) is 0 Å². The molecule has 2 aromatic rings. The van der Waals surface area contributed by atoms with E-state index in [9.17, 15) is 13.2 Å². The number of anilines is 1. The van der Waals surface area contributed by atoms with Crippen molar-refractivity contribution in [3.63, 3.8) is 0 Å². The number of nitrogens with zero attached hydrogens (tertiary/aromatic N) is 1. The molecule has 0 bridgehead atoms. The number of nitriles is 1. The van der Waals surface area contributed by atoms with Gasteiger partial charge < -0.3 is 10.1 Å². The van der Waals surface area contributed by atoms with E-state index in [1.807, 2.05) is 6.07 Å². The van der Waals surface area contributed by atoms with Crippen molar-refractivity contribution in [3.8, 4) is 11.8 Å². The molecular formula is C15H11F3N2O. The number of hydrogen-bond acceptors (Lipinski definition) is 3. The second-order valence-corrected chi connectivity index (χ2v) is 4.18. The molecular weight excluding hydrogens is 281 g/mol. The fourth-order valence-electron chi connectivity index (χ4n) is 1.75. The van der Waals surface area contributed by atoms with Gasteiger partial charge in [0.1, 0.15) is 17.6 Å². The Morgan fingerprint density at radius 3 is 2.48 bits per heavy atom. The van der Waals surface area contributed by atoms with Crippen LogP contribution in [-0.4, -0.2) is 6.61 Å². The molecule has 21 heavy (non-hydrogen) atoms. The third-order valence-corrected chi connectivity index (χ3v) is 2.73. The summed E-state index contributed by atoms with van der Waals surface area (Å²) in [6.07, 6.45) is 0. The molecule has 0 aliphatic rings. The number of ether oxygens (including phenoxy) is 1. The van der Waals surface area contributed by atoms with Gasteiger partial charge in [0.25, 0.3) is 0 Å². The first-order valence-corrected chi connectivity index (χ1v) is 6.06. The summed E-state index contributed by atoms with van der Waals surface area (Å²) in [5.74, 6) is -0.404. The number of alkyl halides is 2. The first-order chi connectivity index (χ1) is 10.1. The Kier molecular flexibility index (Phi) is 4.67. The van der Waals surface area contributed by atoms with Crippen LogP contribution in [0.3, 0.4) is 0 Å². The molecule has 0 saturated carbocycles. The van der Waals surface area contributed by atoms with Crippen LogP contribution >= 0.6 is 0 Å². The predicted octanol–water partition coefficient (Wildman–Crippen LogP) is 3.91. The number of nitrogens with one attached hydrogen (secondary N) is 1. The van der Waals surface area contributed by atoms with Crippen molar-refractivity contribution in [3.05, 3.63) is 59.4 Å². The second kappa shape index (κ2) is 6.66. The summed E-state index contributed by atoms with van der Waals surface area (Å²) in [6.45, 7) is -2.48. The van der Waals surface area contributed by atoms with Crippen LogP contribution in [0, 0.1) is 17.1 Å². The number of benzene rings is 2. The molecule has 0 aliphatic carbocycles. The van der Waals surface area contributed by atoms with Gasteiger partial charge in [0, 0.05) is 6.54 Å². The van der Waals surface area contributed by atoms with E-state index in [0.717, 1.165) is 11.6 Å². The Morgan fingerprint density at radius 2 is 1.86 bits per heavy atom. The number of rotatable bonds is 5. The fraction of sp³-hybridized carbons (Fsp3) is 0.133. The summed E-state index contributed by atoms with van der Waals surface area (Å²) < 4.78 is 41.3. The van der Waals surface area contributed by atoms with Crippen molar-refractivity contribution < 1.29 is 17.9 Å². The summed E-state index contributed by atoms with van der Waals surface area (Å²) in [7, 11) is 0. The zero-order valence-corrected chi connectivity index (χ0v) is 10.8.